The fourth-order valence-corrected chi connectivity index (χ4v) is 14.9. The number of rotatable bonds is 6. The Hall–Kier alpha value is -3.69. The van der Waals surface area contributed by atoms with Gasteiger partial charge in [-0.25, -0.2) is 0 Å². The molecular formula is C33H36N6SiSn. The van der Waals surface area contributed by atoms with Crippen LogP contribution in [0.15, 0.2) is 109 Å². The molecule has 6 nitrogen and oxygen atoms in total. The Labute approximate surface area is 251 Å². The van der Waals surface area contributed by atoms with Gasteiger partial charge >= 0.3 is 131 Å². The van der Waals surface area contributed by atoms with Crippen LogP contribution in [-0.2, 0) is 0 Å². The van der Waals surface area contributed by atoms with Crippen molar-refractivity contribution in [3.8, 4) is 0 Å². The van der Waals surface area contributed by atoms with Gasteiger partial charge in [0.1, 0.15) is 0 Å². The van der Waals surface area contributed by atoms with E-state index in [0.717, 1.165) is 34.2 Å². The molecule has 3 aromatic heterocycles. The van der Waals surface area contributed by atoms with E-state index >= 15 is 0 Å². The minimum atomic E-state index is -1.98. The Bertz CT molecular complexity index is 1500. The van der Waals surface area contributed by atoms with Crippen LogP contribution < -0.4 is 10.7 Å². The number of hydrogen-bond donors (Lipinski definition) is 0. The van der Waals surface area contributed by atoms with Crippen LogP contribution in [-0.4, -0.2) is 57.4 Å². The van der Waals surface area contributed by atoms with E-state index in [9.17, 15) is 0 Å². The van der Waals surface area contributed by atoms with E-state index in [4.69, 9.17) is 15.3 Å². The van der Waals surface area contributed by atoms with Gasteiger partial charge in [0.2, 0.25) is 0 Å². The molecule has 0 aliphatic rings. The first-order chi connectivity index (χ1) is 19.8. The third kappa shape index (κ3) is 6.63. The van der Waals surface area contributed by atoms with Crippen molar-refractivity contribution in [3.05, 3.63) is 143 Å². The van der Waals surface area contributed by atoms with Crippen molar-refractivity contribution < 1.29 is 0 Å². The summed E-state index contributed by atoms with van der Waals surface area (Å²) in [6.45, 7) is 12.3. The molecule has 0 aliphatic heterocycles. The molecule has 0 N–H and O–H groups in total. The Morgan fingerprint density at radius 2 is 0.707 bits per heavy atom. The van der Waals surface area contributed by atoms with Crippen molar-refractivity contribution in [1.29, 1.82) is 0 Å². The molecule has 0 atom stereocenters. The van der Waals surface area contributed by atoms with Crippen molar-refractivity contribution in [2.45, 2.75) is 41.5 Å². The van der Waals surface area contributed by atoms with Gasteiger partial charge in [-0.1, -0.05) is 0 Å². The number of aromatic nitrogens is 6. The van der Waals surface area contributed by atoms with Crippen LogP contribution in [0.3, 0.4) is 0 Å². The summed E-state index contributed by atoms with van der Waals surface area (Å²) in [7, 11) is -1.49. The molecule has 0 unspecified atom stereocenters. The number of aryl methyl sites for hydroxylation is 6. The van der Waals surface area contributed by atoms with Gasteiger partial charge in [-0.15, -0.1) is 0 Å². The second-order valence-electron chi connectivity index (χ2n) is 10.3. The second-order valence-corrected chi connectivity index (χ2v) is 19.2. The molecule has 8 heteroatoms. The van der Waals surface area contributed by atoms with Gasteiger partial charge in [0.05, 0.1) is 17.1 Å². The van der Waals surface area contributed by atoms with Crippen LogP contribution in [0.2, 0.25) is 0 Å². The van der Waals surface area contributed by atoms with E-state index in [0.29, 0.717) is 0 Å². The van der Waals surface area contributed by atoms with Gasteiger partial charge in [-0.05, 0) is 59.7 Å². The fraction of sp³-hybridized carbons (Fsp3) is 0.182. The summed E-state index contributed by atoms with van der Waals surface area (Å²) in [6.07, 6.45) is 0. The molecule has 0 saturated heterocycles. The number of hydrogen-bond acceptors (Lipinski definition) is 3. The molecule has 206 valence electrons. The quantitative estimate of drug-likeness (QED) is 0.251. The number of nitrogens with zero attached hydrogens (tertiary/aromatic N) is 6. The summed E-state index contributed by atoms with van der Waals surface area (Å²) in [5, 5.41) is 14.1. The Kier molecular flexibility index (Phi) is 9.04. The zero-order chi connectivity index (χ0) is 28.9. The van der Waals surface area contributed by atoms with Gasteiger partial charge in [0.25, 0.3) is 0 Å². The molecule has 0 fully saturated rings. The predicted molar refractivity (Wildman–Crippen MR) is 171 cm³/mol. The maximum absolute atomic E-state index is 4.70. The molecule has 2 radical (unpaired) electrons. The van der Waals surface area contributed by atoms with E-state index in [-0.39, 0.29) is 0 Å². The SMILES string of the molecule is Cc1cc(C)n([Si](n2nc(C)cc2C)n2nc(C)cc2C)n1.c1cc[c]([Sn]([c]2ccccc2)[c]2ccccc2)cc1. The summed E-state index contributed by atoms with van der Waals surface area (Å²) in [5.74, 6) is 0. The van der Waals surface area contributed by atoms with E-state index in [1.807, 2.05) is 20.8 Å². The molecule has 3 heterocycles. The van der Waals surface area contributed by atoms with Crippen molar-refractivity contribution in [3.63, 3.8) is 0 Å². The molecular weight excluding hydrogens is 627 g/mol. The molecule has 6 aromatic rings. The van der Waals surface area contributed by atoms with Gasteiger partial charge in [0, 0.05) is 17.1 Å². The molecule has 0 spiro atoms. The monoisotopic (exact) mass is 664 g/mol. The summed E-state index contributed by atoms with van der Waals surface area (Å²) < 4.78 is 10.8. The first-order valence-corrected chi connectivity index (χ1v) is 19.4. The van der Waals surface area contributed by atoms with E-state index in [2.05, 4.69) is 143 Å². The van der Waals surface area contributed by atoms with Crippen molar-refractivity contribution in [2.75, 3.05) is 0 Å². The zero-order valence-electron chi connectivity index (χ0n) is 24.6. The molecule has 41 heavy (non-hydrogen) atoms. The first kappa shape index (κ1) is 28.8. The predicted octanol–water partition coefficient (Wildman–Crippen LogP) is 4.26. The third-order valence-electron chi connectivity index (χ3n) is 6.78. The molecule has 0 bridgehead atoms. The van der Waals surface area contributed by atoms with Crippen LogP contribution >= 0.6 is 0 Å². The molecule has 3 aromatic carbocycles. The normalized spacial score (nSPS) is 11.1. The summed E-state index contributed by atoms with van der Waals surface area (Å²) in [5.41, 5.74) is 6.44. The Morgan fingerprint density at radius 1 is 0.439 bits per heavy atom. The Balaban J connectivity index is 0.000000166. The summed E-state index contributed by atoms with van der Waals surface area (Å²) in [4.78, 5) is 0. The maximum atomic E-state index is 4.70. The van der Waals surface area contributed by atoms with Gasteiger partial charge in [0.15, 0.2) is 0 Å². The molecule has 6 rings (SSSR count). The van der Waals surface area contributed by atoms with Crippen molar-refractivity contribution >= 4 is 39.8 Å². The first-order valence-electron chi connectivity index (χ1n) is 13.8. The zero-order valence-corrected chi connectivity index (χ0v) is 28.4. The summed E-state index contributed by atoms with van der Waals surface area (Å²) >= 11 is -1.98. The van der Waals surface area contributed by atoms with Crippen molar-refractivity contribution in [2.24, 2.45) is 0 Å². The van der Waals surface area contributed by atoms with E-state index < -0.39 is 29.0 Å². The van der Waals surface area contributed by atoms with Crippen LogP contribution in [0.1, 0.15) is 34.2 Å². The molecule has 0 aliphatic carbocycles. The van der Waals surface area contributed by atoms with Crippen LogP contribution in [0.25, 0.3) is 0 Å². The minimum absolute atomic E-state index is 1.02. The fourth-order valence-electron chi connectivity index (χ4n) is 5.08. The third-order valence-corrected chi connectivity index (χ3v) is 17.1. The standard InChI is InChI=1S/C15H21N6Si.3C6H5.Sn/c1-10-7-13(4)19(16-10)22(20-14(5)8-11(2)17-20)21-15(6)9-12(3)18-21;3*1-2-4-6-5-3-1;/h7-9H,1-6H3;3*1-5H;. The van der Waals surface area contributed by atoms with Crippen LogP contribution in [0.5, 0.6) is 0 Å². The van der Waals surface area contributed by atoms with Crippen LogP contribution in [0, 0.1) is 41.5 Å². The van der Waals surface area contributed by atoms with Gasteiger partial charge < -0.3 is 0 Å². The second kappa shape index (κ2) is 12.9. The van der Waals surface area contributed by atoms with Gasteiger partial charge in [-0.2, -0.15) is 15.3 Å². The summed E-state index contributed by atoms with van der Waals surface area (Å²) in [6, 6.07) is 39.2. The van der Waals surface area contributed by atoms with Crippen molar-refractivity contribution in [1.82, 2.24) is 28.3 Å². The van der Waals surface area contributed by atoms with Gasteiger partial charge in [-0.3, -0.25) is 13.0 Å². The van der Waals surface area contributed by atoms with E-state index in [1.165, 1.54) is 10.7 Å². The molecule has 0 amide bonds. The topological polar surface area (TPSA) is 53.5 Å². The average molecular weight is 663 g/mol. The average Bonchev–Trinajstić information content (AvgIpc) is 3.61. The Morgan fingerprint density at radius 3 is 0.927 bits per heavy atom. The number of benzene rings is 3. The molecule has 0 saturated carbocycles. The van der Waals surface area contributed by atoms with Crippen LogP contribution in [0.4, 0.5) is 0 Å². The van der Waals surface area contributed by atoms with E-state index in [1.54, 1.807) is 0 Å².